The Morgan fingerprint density at radius 1 is 0.862 bits per heavy atom. The Morgan fingerprint density at radius 2 is 1.52 bits per heavy atom. The third kappa shape index (κ3) is 6.09. The summed E-state index contributed by atoms with van der Waals surface area (Å²) in [6, 6.07) is 12.2. The summed E-state index contributed by atoms with van der Waals surface area (Å²) < 4.78 is 1.81. The zero-order chi connectivity index (χ0) is 20.5. The summed E-state index contributed by atoms with van der Waals surface area (Å²) in [5.74, 6) is 0.374. The third-order valence-corrected chi connectivity index (χ3v) is 5.77. The van der Waals surface area contributed by atoms with Crippen molar-refractivity contribution in [3.63, 3.8) is 0 Å². The van der Waals surface area contributed by atoms with E-state index in [1.165, 1.54) is 63.4 Å². The average Bonchev–Trinajstić information content (AvgIpc) is 3.15. The van der Waals surface area contributed by atoms with Crippen LogP contribution in [0.4, 0.5) is 0 Å². The topological polar surface area (TPSA) is 38.0 Å². The van der Waals surface area contributed by atoms with Crippen LogP contribution in [0.15, 0.2) is 42.6 Å². The standard InChI is InChI=1S/C26H36N2O/c1-3-4-5-6-7-8-9-10-11-12-15-22-18-21(2)19-25(26(22)29)28-20-23-16-13-14-17-24(23)27-28/h13-14,16-20,29H,3-12,15H2,1-2H3. The van der Waals surface area contributed by atoms with Gasteiger partial charge >= 0.3 is 0 Å². The molecule has 1 N–H and O–H groups in total. The molecule has 3 nitrogen and oxygen atoms in total. The number of aryl methyl sites for hydroxylation is 2. The molecule has 0 aliphatic rings. The largest absolute Gasteiger partial charge is 0.505 e. The maximum absolute atomic E-state index is 10.9. The van der Waals surface area contributed by atoms with Crippen molar-refractivity contribution in [2.24, 2.45) is 0 Å². The van der Waals surface area contributed by atoms with Gasteiger partial charge in [-0.25, -0.2) is 4.68 Å². The lowest BCUT2D eigenvalue weighted by atomic mass is 10.0. The Labute approximate surface area is 175 Å². The minimum Gasteiger partial charge on any atom is -0.505 e. The summed E-state index contributed by atoms with van der Waals surface area (Å²) >= 11 is 0. The van der Waals surface area contributed by atoms with Crippen molar-refractivity contribution in [3.05, 3.63) is 53.7 Å². The number of nitrogens with zero attached hydrogens (tertiary/aromatic N) is 2. The highest BCUT2D eigenvalue weighted by molar-refractivity contribution is 5.78. The maximum atomic E-state index is 10.9. The van der Waals surface area contributed by atoms with Gasteiger partial charge in [0.1, 0.15) is 11.4 Å². The van der Waals surface area contributed by atoms with Gasteiger partial charge in [0.25, 0.3) is 0 Å². The van der Waals surface area contributed by atoms with Gasteiger partial charge in [-0.1, -0.05) is 89.0 Å². The quantitative estimate of drug-likeness (QED) is 0.324. The van der Waals surface area contributed by atoms with Crippen LogP contribution in [0.25, 0.3) is 16.6 Å². The van der Waals surface area contributed by atoms with Crippen LogP contribution < -0.4 is 0 Å². The molecule has 0 saturated carbocycles. The van der Waals surface area contributed by atoms with Crippen LogP contribution in [0.3, 0.4) is 0 Å². The molecule has 0 radical (unpaired) electrons. The Hall–Kier alpha value is -2.29. The monoisotopic (exact) mass is 392 g/mol. The van der Waals surface area contributed by atoms with E-state index in [0.717, 1.165) is 35.0 Å². The van der Waals surface area contributed by atoms with Crippen LogP contribution in [0.2, 0.25) is 0 Å². The van der Waals surface area contributed by atoms with Crippen LogP contribution in [0, 0.1) is 6.92 Å². The van der Waals surface area contributed by atoms with E-state index in [2.05, 4.69) is 31.1 Å². The lowest BCUT2D eigenvalue weighted by Gasteiger charge is -2.12. The van der Waals surface area contributed by atoms with Crippen molar-refractivity contribution in [3.8, 4) is 11.4 Å². The first-order chi connectivity index (χ1) is 14.2. The van der Waals surface area contributed by atoms with Crippen molar-refractivity contribution >= 4 is 10.9 Å². The van der Waals surface area contributed by atoms with Gasteiger partial charge in [-0.3, -0.25) is 0 Å². The number of hydrogen-bond donors (Lipinski definition) is 1. The predicted octanol–water partition coefficient (Wildman–Crippen LogP) is 7.50. The number of aromatic hydroxyl groups is 1. The van der Waals surface area contributed by atoms with Crippen LogP contribution in [-0.4, -0.2) is 14.9 Å². The minimum atomic E-state index is 0.374. The van der Waals surface area contributed by atoms with E-state index in [1.54, 1.807) is 0 Å². The molecular weight excluding hydrogens is 356 g/mol. The van der Waals surface area contributed by atoms with Gasteiger partial charge in [0.2, 0.25) is 0 Å². The molecule has 0 fully saturated rings. The number of rotatable bonds is 12. The highest BCUT2D eigenvalue weighted by atomic mass is 16.3. The number of benzene rings is 2. The number of unbranched alkanes of at least 4 members (excludes halogenated alkanes) is 9. The lowest BCUT2D eigenvalue weighted by molar-refractivity contribution is 0.461. The van der Waals surface area contributed by atoms with E-state index in [1.807, 2.05) is 35.1 Å². The van der Waals surface area contributed by atoms with Crippen LogP contribution in [0.1, 0.15) is 82.3 Å². The maximum Gasteiger partial charge on any atom is 0.144 e. The molecule has 0 amide bonds. The summed E-state index contributed by atoms with van der Waals surface area (Å²) in [7, 11) is 0. The fourth-order valence-corrected chi connectivity index (χ4v) is 4.09. The summed E-state index contributed by atoms with van der Waals surface area (Å²) in [6.45, 7) is 4.36. The van der Waals surface area contributed by atoms with Gasteiger partial charge in [0.15, 0.2) is 0 Å². The molecule has 156 valence electrons. The van der Waals surface area contributed by atoms with Crippen molar-refractivity contribution in [2.75, 3.05) is 0 Å². The van der Waals surface area contributed by atoms with Crippen LogP contribution >= 0.6 is 0 Å². The number of aromatic nitrogens is 2. The molecule has 2 aromatic carbocycles. The molecule has 0 aliphatic heterocycles. The summed E-state index contributed by atoms with van der Waals surface area (Å²) in [6.07, 6.45) is 16.2. The lowest BCUT2D eigenvalue weighted by Crippen LogP contribution is -1.99. The average molecular weight is 393 g/mol. The van der Waals surface area contributed by atoms with E-state index in [4.69, 9.17) is 0 Å². The Bertz CT molecular complexity index is 864. The molecule has 0 aliphatic carbocycles. The van der Waals surface area contributed by atoms with Crippen LogP contribution in [-0.2, 0) is 6.42 Å². The van der Waals surface area contributed by atoms with Crippen molar-refractivity contribution < 1.29 is 5.11 Å². The van der Waals surface area contributed by atoms with Gasteiger partial charge in [-0.15, -0.1) is 0 Å². The number of fused-ring (bicyclic) bond motifs is 1. The van der Waals surface area contributed by atoms with E-state index in [9.17, 15) is 5.11 Å². The molecule has 0 spiro atoms. The van der Waals surface area contributed by atoms with Crippen molar-refractivity contribution in [1.29, 1.82) is 0 Å². The SMILES string of the molecule is CCCCCCCCCCCCc1cc(C)cc(-n2cc3ccccc3n2)c1O. The van der Waals surface area contributed by atoms with E-state index in [-0.39, 0.29) is 0 Å². The molecular formula is C26H36N2O. The molecule has 0 saturated heterocycles. The molecule has 1 heterocycles. The number of hydrogen-bond acceptors (Lipinski definition) is 2. The second kappa shape index (κ2) is 11.0. The summed E-state index contributed by atoms with van der Waals surface area (Å²) in [5, 5.41) is 16.6. The van der Waals surface area contributed by atoms with Gasteiger partial charge < -0.3 is 5.11 Å². The summed E-state index contributed by atoms with van der Waals surface area (Å²) in [4.78, 5) is 0. The smallest absolute Gasteiger partial charge is 0.144 e. The number of phenols is 1. The van der Waals surface area contributed by atoms with E-state index in [0.29, 0.717) is 5.75 Å². The highest BCUT2D eigenvalue weighted by Crippen LogP contribution is 2.30. The van der Waals surface area contributed by atoms with Gasteiger partial charge in [0, 0.05) is 11.6 Å². The molecule has 0 bridgehead atoms. The van der Waals surface area contributed by atoms with Crippen molar-refractivity contribution in [2.45, 2.75) is 84.5 Å². The third-order valence-electron chi connectivity index (χ3n) is 5.77. The molecule has 29 heavy (non-hydrogen) atoms. The molecule has 0 atom stereocenters. The molecule has 1 aromatic heterocycles. The van der Waals surface area contributed by atoms with E-state index < -0.39 is 0 Å². The highest BCUT2D eigenvalue weighted by Gasteiger charge is 2.12. The van der Waals surface area contributed by atoms with Crippen molar-refractivity contribution in [1.82, 2.24) is 9.78 Å². The molecule has 3 rings (SSSR count). The van der Waals surface area contributed by atoms with Gasteiger partial charge in [0.05, 0.1) is 5.52 Å². The van der Waals surface area contributed by atoms with Crippen LogP contribution in [0.5, 0.6) is 5.75 Å². The fourth-order valence-electron chi connectivity index (χ4n) is 4.09. The zero-order valence-corrected chi connectivity index (χ0v) is 18.2. The molecule has 3 heteroatoms. The summed E-state index contributed by atoms with van der Waals surface area (Å²) in [5.41, 5.74) is 3.94. The Kier molecular flexibility index (Phi) is 8.15. The number of phenolic OH excluding ortho intramolecular Hbond substituents is 1. The molecule has 0 unspecified atom stereocenters. The molecule has 3 aromatic rings. The normalized spacial score (nSPS) is 11.4. The first-order valence-corrected chi connectivity index (χ1v) is 11.5. The predicted molar refractivity (Wildman–Crippen MR) is 123 cm³/mol. The van der Waals surface area contributed by atoms with Gasteiger partial charge in [-0.05, 0) is 43.0 Å². The fraction of sp³-hybridized carbons (Fsp3) is 0.500. The van der Waals surface area contributed by atoms with E-state index >= 15 is 0 Å². The second-order valence-corrected chi connectivity index (χ2v) is 8.36. The minimum absolute atomic E-state index is 0.374. The first kappa shape index (κ1) is 21.4. The van der Waals surface area contributed by atoms with Gasteiger partial charge in [-0.2, -0.15) is 5.10 Å². The second-order valence-electron chi connectivity index (χ2n) is 8.36. The zero-order valence-electron chi connectivity index (χ0n) is 18.2. The Morgan fingerprint density at radius 3 is 2.21 bits per heavy atom. The Balaban J connectivity index is 1.51. The first-order valence-electron chi connectivity index (χ1n) is 11.5.